The van der Waals surface area contributed by atoms with Gasteiger partial charge in [-0.3, -0.25) is 19.3 Å². The SMILES string of the molecule is COCCn1ccc(C(=O)N2CCc3[nH]nc(-c4cnn(CC5CC5)c4)c3CC2)n1.O=C(O)C(F)(F)F.O=C(O)C(F)(F)F. The van der Waals surface area contributed by atoms with E-state index in [0.717, 1.165) is 42.3 Å². The molecule has 0 saturated heterocycles. The van der Waals surface area contributed by atoms with Gasteiger partial charge in [-0.25, -0.2) is 9.59 Å². The standard InChI is InChI=1S/C21H27N7O2.2C2HF3O2/c1-30-11-10-27-9-6-19(25-27)21(29)26-7-4-17-18(5-8-26)23-24-20(17)16-12-22-28(14-16)13-15-2-3-15;2*3-2(4,5)1(6)7/h6,9,12,14-15H,2-5,7-8,10-11,13H2,1H3,(H,23,24);2*(H,6,7). The molecule has 4 heterocycles. The van der Waals surface area contributed by atoms with Crippen molar-refractivity contribution in [1.29, 1.82) is 0 Å². The van der Waals surface area contributed by atoms with Crippen LogP contribution in [-0.4, -0.2) is 102 Å². The molecule has 1 amide bonds. The van der Waals surface area contributed by atoms with Crippen molar-refractivity contribution in [2.75, 3.05) is 26.8 Å². The number of nitrogens with zero attached hydrogens (tertiary/aromatic N) is 6. The number of H-pyrrole nitrogens is 1. The number of rotatable bonds is 7. The monoisotopic (exact) mass is 637 g/mol. The molecule has 3 aromatic rings. The summed E-state index contributed by atoms with van der Waals surface area (Å²) in [7, 11) is 1.66. The van der Waals surface area contributed by atoms with Gasteiger partial charge < -0.3 is 19.8 Å². The Morgan fingerprint density at radius 1 is 1.02 bits per heavy atom. The number of halogens is 6. The Kier molecular flexibility index (Phi) is 11.1. The van der Waals surface area contributed by atoms with Crippen LogP contribution in [0.3, 0.4) is 0 Å². The zero-order valence-corrected chi connectivity index (χ0v) is 23.2. The molecular weight excluding hydrogens is 608 g/mol. The van der Waals surface area contributed by atoms with Gasteiger partial charge in [0.25, 0.3) is 5.91 Å². The summed E-state index contributed by atoms with van der Waals surface area (Å²) < 4.78 is 72.3. The average molecular weight is 638 g/mol. The Labute approximate surface area is 245 Å². The Hall–Kier alpha value is -4.42. The first-order valence-electron chi connectivity index (χ1n) is 13.1. The first-order chi connectivity index (χ1) is 20.6. The molecule has 5 rings (SSSR count). The van der Waals surface area contributed by atoms with Gasteiger partial charge >= 0.3 is 24.3 Å². The number of carbonyl (C=O) groups is 3. The van der Waals surface area contributed by atoms with Crippen LogP contribution in [0.15, 0.2) is 24.7 Å². The summed E-state index contributed by atoms with van der Waals surface area (Å²) >= 11 is 0. The van der Waals surface area contributed by atoms with E-state index in [1.807, 2.05) is 22.0 Å². The molecule has 3 aromatic heterocycles. The number of carbonyl (C=O) groups excluding carboxylic acids is 1. The van der Waals surface area contributed by atoms with Gasteiger partial charge in [-0.05, 0) is 31.2 Å². The van der Waals surface area contributed by atoms with Crippen LogP contribution in [0, 0.1) is 5.92 Å². The minimum Gasteiger partial charge on any atom is -0.475 e. The molecule has 1 fully saturated rings. The molecule has 0 aromatic carbocycles. The summed E-state index contributed by atoms with van der Waals surface area (Å²) in [4.78, 5) is 32.6. The number of hydrogen-bond acceptors (Lipinski definition) is 7. The van der Waals surface area contributed by atoms with Crippen LogP contribution >= 0.6 is 0 Å². The largest absolute Gasteiger partial charge is 0.490 e. The third-order valence-electron chi connectivity index (χ3n) is 6.42. The third kappa shape index (κ3) is 9.81. The second-order valence-corrected chi connectivity index (χ2v) is 9.78. The maximum atomic E-state index is 13.0. The number of nitrogens with one attached hydrogen (secondary N) is 1. The Bertz CT molecular complexity index is 1400. The normalized spacial score (nSPS) is 14.8. The number of methoxy groups -OCH3 is 1. The highest BCUT2D eigenvalue weighted by Crippen LogP contribution is 2.32. The van der Waals surface area contributed by atoms with E-state index in [1.165, 1.54) is 18.4 Å². The Morgan fingerprint density at radius 2 is 1.64 bits per heavy atom. The zero-order chi connectivity index (χ0) is 32.7. The number of amides is 1. The van der Waals surface area contributed by atoms with Crippen molar-refractivity contribution in [1.82, 2.24) is 34.7 Å². The summed E-state index contributed by atoms with van der Waals surface area (Å²) in [5.74, 6) is -4.75. The molecule has 0 radical (unpaired) electrons. The van der Waals surface area contributed by atoms with Crippen molar-refractivity contribution >= 4 is 17.8 Å². The first kappa shape index (κ1) is 34.1. The quantitative estimate of drug-likeness (QED) is 0.330. The van der Waals surface area contributed by atoms with Crippen molar-refractivity contribution in [2.24, 2.45) is 5.92 Å². The van der Waals surface area contributed by atoms with E-state index in [2.05, 4.69) is 26.6 Å². The highest BCUT2D eigenvalue weighted by atomic mass is 19.4. The number of carboxylic acid groups (broad SMARTS) is 2. The number of aliphatic carboxylic acids is 2. The van der Waals surface area contributed by atoms with Crippen molar-refractivity contribution in [2.45, 2.75) is 51.1 Å². The van der Waals surface area contributed by atoms with Gasteiger partial charge in [0.15, 0.2) is 0 Å². The van der Waals surface area contributed by atoms with Crippen molar-refractivity contribution in [3.8, 4) is 11.3 Å². The molecular formula is C25H29F6N7O6. The Morgan fingerprint density at radius 3 is 2.20 bits per heavy atom. The topological polar surface area (TPSA) is 168 Å². The number of hydrogen-bond donors (Lipinski definition) is 3. The number of aromatic amines is 1. The minimum atomic E-state index is -5.08. The van der Waals surface area contributed by atoms with Gasteiger partial charge in [0.05, 0.1) is 25.0 Å². The molecule has 1 aliphatic heterocycles. The van der Waals surface area contributed by atoms with Crippen LogP contribution in [0.5, 0.6) is 0 Å². The van der Waals surface area contributed by atoms with Gasteiger partial charge in [-0.15, -0.1) is 0 Å². The van der Waals surface area contributed by atoms with E-state index >= 15 is 0 Å². The van der Waals surface area contributed by atoms with Crippen LogP contribution in [-0.2, 0) is 40.3 Å². The van der Waals surface area contributed by atoms with Gasteiger partial charge in [0.2, 0.25) is 0 Å². The molecule has 19 heteroatoms. The lowest BCUT2D eigenvalue weighted by atomic mass is 10.1. The molecule has 0 bridgehead atoms. The maximum Gasteiger partial charge on any atom is 0.490 e. The fraction of sp³-hybridized carbons (Fsp3) is 0.520. The number of aromatic nitrogens is 6. The van der Waals surface area contributed by atoms with Crippen LogP contribution in [0.25, 0.3) is 11.3 Å². The fourth-order valence-electron chi connectivity index (χ4n) is 4.02. The van der Waals surface area contributed by atoms with E-state index in [-0.39, 0.29) is 5.91 Å². The Balaban J connectivity index is 0.000000317. The predicted octanol–water partition coefficient (Wildman–Crippen LogP) is 3.03. The van der Waals surface area contributed by atoms with Crippen LogP contribution in [0.1, 0.15) is 34.6 Å². The van der Waals surface area contributed by atoms with E-state index < -0.39 is 24.3 Å². The molecule has 2 aliphatic rings. The van der Waals surface area contributed by atoms with Gasteiger partial charge in [0.1, 0.15) is 5.69 Å². The van der Waals surface area contributed by atoms with Gasteiger partial charge in [-0.2, -0.15) is 41.6 Å². The predicted molar refractivity (Wildman–Crippen MR) is 137 cm³/mol. The molecule has 13 nitrogen and oxygen atoms in total. The molecule has 0 spiro atoms. The lowest BCUT2D eigenvalue weighted by molar-refractivity contribution is -0.193. The van der Waals surface area contributed by atoms with Gasteiger partial charge in [-0.1, -0.05) is 0 Å². The first-order valence-corrected chi connectivity index (χ1v) is 13.1. The lowest BCUT2D eigenvalue weighted by Crippen LogP contribution is -2.33. The second-order valence-electron chi connectivity index (χ2n) is 9.78. The molecule has 242 valence electrons. The average Bonchev–Trinajstić information content (AvgIpc) is 3.30. The third-order valence-corrected chi connectivity index (χ3v) is 6.42. The second kappa shape index (κ2) is 14.4. The summed E-state index contributed by atoms with van der Waals surface area (Å²) in [5, 5.41) is 30.9. The minimum absolute atomic E-state index is 0.0249. The number of alkyl halides is 6. The van der Waals surface area contributed by atoms with E-state index in [4.69, 9.17) is 24.5 Å². The van der Waals surface area contributed by atoms with Crippen molar-refractivity contribution in [3.05, 3.63) is 41.6 Å². The number of ether oxygens (including phenoxy) is 1. The summed E-state index contributed by atoms with van der Waals surface area (Å²) in [6, 6.07) is 1.78. The fourth-order valence-corrected chi connectivity index (χ4v) is 4.02. The van der Waals surface area contributed by atoms with Gasteiger partial charge in [0, 0.05) is 62.4 Å². The molecule has 0 unspecified atom stereocenters. The summed E-state index contributed by atoms with van der Waals surface area (Å²) in [6.45, 7) is 3.50. The van der Waals surface area contributed by atoms with Crippen molar-refractivity contribution < 1.29 is 55.7 Å². The molecule has 1 aliphatic carbocycles. The smallest absolute Gasteiger partial charge is 0.475 e. The summed E-state index contributed by atoms with van der Waals surface area (Å²) in [6.07, 6.45) is -0.203. The van der Waals surface area contributed by atoms with Crippen molar-refractivity contribution in [3.63, 3.8) is 0 Å². The molecule has 0 atom stereocenters. The van der Waals surface area contributed by atoms with E-state index in [9.17, 15) is 31.1 Å². The molecule has 1 saturated carbocycles. The number of fused-ring (bicyclic) bond motifs is 1. The molecule has 44 heavy (non-hydrogen) atoms. The zero-order valence-electron chi connectivity index (χ0n) is 23.2. The number of carboxylic acids is 2. The maximum absolute atomic E-state index is 13.0. The highest BCUT2D eigenvalue weighted by Gasteiger charge is 2.39. The highest BCUT2D eigenvalue weighted by molar-refractivity contribution is 5.92. The summed E-state index contributed by atoms with van der Waals surface area (Å²) in [5.41, 5.74) is 4.80. The van der Waals surface area contributed by atoms with Crippen LogP contribution in [0.2, 0.25) is 0 Å². The lowest BCUT2D eigenvalue weighted by Gasteiger charge is -2.19. The van der Waals surface area contributed by atoms with E-state index in [0.29, 0.717) is 31.9 Å². The van der Waals surface area contributed by atoms with Crippen LogP contribution < -0.4 is 0 Å². The van der Waals surface area contributed by atoms with E-state index in [1.54, 1.807) is 17.9 Å². The van der Waals surface area contributed by atoms with Crippen LogP contribution in [0.4, 0.5) is 26.3 Å². The molecule has 3 N–H and O–H groups in total.